The molecule has 3 aromatic rings. The Morgan fingerprint density at radius 3 is 2.47 bits per heavy atom. The minimum Gasteiger partial charge on any atom is -0.277 e. The fourth-order valence-corrected chi connectivity index (χ4v) is 2.65. The third kappa shape index (κ3) is 1.78. The van der Waals surface area contributed by atoms with Gasteiger partial charge in [-0.2, -0.15) is 0 Å². The number of hydrogen-bond donors (Lipinski definition) is 1. The van der Waals surface area contributed by atoms with Gasteiger partial charge in [0.2, 0.25) is 0 Å². The van der Waals surface area contributed by atoms with Crippen LogP contribution < -0.4 is 5.56 Å². The molecular formula is C14H11NOS. The first-order valence-corrected chi connectivity index (χ1v) is 6.24. The zero-order chi connectivity index (χ0) is 11.8. The van der Waals surface area contributed by atoms with Gasteiger partial charge in [-0.3, -0.25) is 9.17 Å². The molecule has 3 rings (SSSR count). The number of aryl methyl sites for hydroxylation is 1. The van der Waals surface area contributed by atoms with Gasteiger partial charge in [0.1, 0.15) is 0 Å². The number of aromatic nitrogens is 1. The molecule has 0 fully saturated rings. The predicted octanol–water partition coefficient (Wildman–Crippen LogP) is 3.57. The minimum atomic E-state index is 0.000422. The van der Waals surface area contributed by atoms with Crippen molar-refractivity contribution >= 4 is 21.6 Å². The number of hydrogen-bond acceptors (Lipinski definition) is 2. The second-order valence-electron chi connectivity index (χ2n) is 4.11. The summed E-state index contributed by atoms with van der Waals surface area (Å²) in [4.78, 5) is 11.4. The molecule has 0 saturated carbocycles. The van der Waals surface area contributed by atoms with E-state index in [4.69, 9.17) is 0 Å². The second-order valence-corrected chi connectivity index (χ2v) is 4.96. The molecule has 0 radical (unpaired) electrons. The summed E-state index contributed by atoms with van der Waals surface area (Å²) in [6.07, 6.45) is 0. The van der Waals surface area contributed by atoms with E-state index < -0.39 is 0 Å². The van der Waals surface area contributed by atoms with Gasteiger partial charge in [-0.15, -0.1) is 0 Å². The molecule has 84 valence electrons. The van der Waals surface area contributed by atoms with Gasteiger partial charge in [-0.1, -0.05) is 47.4 Å². The van der Waals surface area contributed by atoms with Crippen molar-refractivity contribution in [2.24, 2.45) is 0 Å². The third-order valence-corrected chi connectivity index (χ3v) is 3.71. The molecule has 2 nitrogen and oxygen atoms in total. The Balaban J connectivity index is 2.17. The van der Waals surface area contributed by atoms with E-state index in [2.05, 4.69) is 41.6 Å². The van der Waals surface area contributed by atoms with Crippen molar-refractivity contribution in [3.8, 4) is 11.1 Å². The van der Waals surface area contributed by atoms with E-state index in [1.54, 1.807) is 0 Å². The number of rotatable bonds is 1. The van der Waals surface area contributed by atoms with Crippen LogP contribution in [-0.4, -0.2) is 4.37 Å². The molecule has 0 aliphatic heterocycles. The highest BCUT2D eigenvalue weighted by Gasteiger charge is 2.03. The predicted molar refractivity (Wildman–Crippen MR) is 72.6 cm³/mol. The second kappa shape index (κ2) is 3.86. The molecule has 0 amide bonds. The molecule has 0 bridgehead atoms. The Hall–Kier alpha value is -1.87. The lowest BCUT2D eigenvalue weighted by Crippen LogP contribution is -1.95. The fourth-order valence-electron chi connectivity index (χ4n) is 1.88. The van der Waals surface area contributed by atoms with E-state index in [9.17, 15) is 4.79 Å². The van der Waals surface area contributed by atoms with Crippen LogP contribution in [0.4, 0.5) is 0 Å². The zero-order valence-corrected chi connectivity index (χ0v) is 10.2. The lowest BCUT2D eigenvalue weighted by molar-refractivity contribution is 1.46. The summed E-state index contributed by atoms with van der Waals surface area (Å²) in [5.74, 6) is 0. The van der Waals surface area contributed by atoms with Gasteiger partial charge in [-0.25, -0.2) is 0 Å². The molecule has 1 N–H and O–H groups in total. The van der Waals surface area contributed by atoms with Crippen LogP contribution in [0.2, 0.25) is 0 Å². The van der Waals surface area contributed by atoms with Crippen LogP contribution in [0.3, 0.4) is 0 Å². The average Bonchev–Trinajstić information content (AvgIpc) is 2.72. The van der Waals surface area contributed by atoms with Gasteiger partial charge in [0, 0.05) is 0 Å². The van der Waals surface area contributed by atoms with Gasteiger partial charge < -0.3 is 0 Å². The molecule has 1 aromatic heterocycles. The third-order valence-electron chi connectivity index (χ3n) is 2.86. The van der Waals surface area contributed by atoms with Gasteiger partial charge in [0.25, 0.3) is 5.56 Å². The standard InChI is InChI=1S/C14H11NOS/c1-9-2-4-10(5-3-9)11-6-7-12-13(8-11)17-15-14(12)16/h2-8H,1H3,(H,15,16). The van der Waals surface area contributed by atoms with Crippen LogP contribution in [0.5, 0.6) is 0 Å². The van der Waals surface area contributed by atoms with Crippen molar-refractivity contribution in [1.29, 1.82) is 0 Å². The number of fused-ring (bicyclic) bond motifs is 1. The summed E-state index contributed by atoms with van der Waals surface area (Å²) in [5.41, 5.74) is 3.58. The summed E-state index contributed by atoms with van der Waals surface area (Å²) in [6.45, 7) is 2.07. The van der Waals surface area contributed by atoms with Gasteiger partial charge >= 0.3 is 0 Å². The Bertz CT molecular complexity index is 722. The summed E-state index contributed by atoms with van der Waals surface area (Å²) in [7, 11) is 0. The molecule has 3 heteroatoms. The fraction of sp³-hybridized carbons (Fsp3) is 0.0714. The molecule has 17 heavy (non-hydrogen) atoms. The first kappa shape index (κ1) is 10.3. The van der Waals surface area contributed by atoms with E-state index in [0.717, 1.165) is 15.6 Å². The van der Waals surface area contributed by atoms with Crippen LogP contribution in [0.15, 0.2) is 47.3 Å². The maximum Gasteiger partial charge on any atom is 0.265 e. The summed E-state index contributed by atoms with van der Waals surface area (Å²) < 4.78 is 3.76. The molecule has 0 aliphatic carbocycles. The number of nitrogens with one attached hydrogen (secondary N) is 1. The topological polar surface area (TPSA) is 32.9 Å². The normalized spacial score (nSPS) is 10.9. The molecule has 1 heterocycles. The molecule has 0 aliphatic rings. The first-order valence-electron chi connectivity index (χ1n) is 5.42. The SMILES string of the molecule is Cc1ccc(-c2ccc3c(=O)[nH]sc3c2)cc1. The molecule has 0 unspecified atom stereocenters. The first-order chi connectivity index (χ1) is 8.24. The van der Waals surface area contributed by atoms with Crippen molar-refractivity contribution in [1.82, 2.24) is 4.37 Å². The van der Waals surface area contributed by atoms with Crippen LogP contribution >= 0.6 is 11.5 Å². The highest BCUT2D eigenvalue weighted by molar-refractivity contribution is 7.13. The zero-order valence-electron chi connectivity index (χ0n) is 9.36. The highest BCUT2D eigenvalue weighted by Crippen LogP contribution is 2.24. The van der Waals surface area contributed by atoms with Crippen LogP contribution in [0, 0.1) is 6.92 Å². The quantitative estimate of drug-likeness (QED) is 0.694. The van der Waals surface area contributed by atoms with E-state index >= 15 is 0 Å². The van der Waals surface area contributed by atoms with Crippen molar-refractivity contribution in [3.63, 3.8) is 0 Å². The van der Waals surface area contributed by atoms with E-state index in [0.29, 0.717) is 0 Å². The average molecular weight is 241 g/mol. The lowest BCUT2D eigenvalue weighted by Gasteiger charge is -2.01. The molecule has 0 atom stereocenters. The monoisotopic (exact) mass is 241 g/mol. The Morgan fingerprint density at radius 2 is 1.71 bits per heavy atom. The summed E-state index contributed by atoms with van der Waals surface area (Å²) in [5, 5.41) is 0.769. The number of benzene rings is 2. The van der Waals surface area contributed by atoms with Crippen molar-refractivity contribution in [2.75, 3.05) is 0 Å². The van der Waals surface area contributed by atoms with Crippen LogP contribution in [-0.2, 0) is 0 Å². The minimum absolute atomic E-state index is 0.000422. The summed E-state index contributed by atoms with van der Waals surface area (Å²) in [6, 6.07) is 14.3. The van der Waals surface area contributed by atoms with E-state index in [-0.39, 0.29) is 5.56 Å². The smallest absolute Gasteiger partial charge is 0.265 e. The lowest BCUT2D eigenvalue weighted by atomic mass is 10.0. The van der Waals surface area contributed by atoms with Crippen LogP contribution in [0.25, 0.3) is 21.2 Å². The molecular weight excluding hydrogens is 230 g/mol. The molecule has 0 spiro atoms. The Kier molecular flexibility index (Phi) is 2.34. The molecule has 0 saturated heterocycles. The van der Waals surface area contributed by atoms with Crippen LogP contribution in [0.1, 0.15) is 5.56 Å². The van der Waals surface area contributed by atoms with Crippen molar-refractivity contribution in [3.05, 3.63) is 58.4 Å². The van der Waals surface area contributed by atoms with Crippen molar-refractivity contribution in [2.45, 2.75) is 6.92 Å². The van der Waals surface area contributed by atoms with Gasteiger partial charge in [0.05, 0.1) is 10.1 Å². The van der Waals surface area contributed by atoms with E-state index in [1.807, 2.05) is 12.1 Å². The van der Waals surface area contributed by atoms with E-state index in [1.165, 1.54) is 22.7 Å². The highest BCUT2D eigenvalue weighted by atomic mass is 32.1. The van der Waals surface area contributed by atoms with Crippen molar-refractivity contribution < 1.29 is 0 Å². The summed E-state index contributed by atoms with van der Waals surface area (Å²) >= 11 is 1.39. The maximum absolute atomic E-state index is 11.4. The largest absolute Gasteiger partial charge is 0.277 e. The number of H-pyrrole nitrogens is 1. The van der Waals surface area contributed by atoms with Gasteiger partial charge in [-0.05, 0) is 30.2 Å². The maximum atomic E-state index is 11.4. The Labute approximate surface area is 103 Å². The van der Waals surface area contributed by atoms with Gasteiger partial charge in [0.15, 0.2) is 0 Å². The Morgan fingerprint density at radius 1 is 1.00 bits per heavy atom. The number of aromatic amines is 1. The molecule has 2 aromatic carbocycles.